The molecule has 1 aliphatic rings. The number of hydroxylamine groups is 1. The fourth-order valence-corrected chi connectivity index (χ4v) is 5.14. The van der Waals surface area contributed by atoms with Crippen LogP contribution in [0.4, 0.5) is 13.2 Å². The van der Waals surface area contributed by atoms with E-state index in [1.54, 1.807) is 36.4 Å². The quantitative estimate of drug-likeness (QED) is 0.0896. The summed E-state index contributed by atoms with van der Waals surface area (Å²) in [6.45, 7) is 0.0393. The Morgan fingerprint density at radius 1 is 1.07 bits per heavy atom. The number of hydrogen-bond donors (Lipinski definition) is 4. The zero-order chi connectivity index (χ0) is 29.8. The molecule has 0 radical (unpaired) electrons. The minimum absolute atomic E-state index is 0.114. The Morgan fingerprint density at radius 3 is 2.50 bits per heavy atom. The Balaban J connectivity index is 1.15. The molecule has 0 unspecified atom stereocenters. The van der Waals surface area contributed by atoms with Crippen LogP contribution in [0.5, 0.6) is 11.5 Å². The average molecular weight is 582 g/mol. The number of benzene rings is 3. The van der Waals surface area contributed by atoms with Gasteiger partial charge < -0.3 is 14.8 Å². The highest BCUT2D eigenvalue weighted by molar-refractivity contribution is 5.98. The number of amidine groups is 1. The molecule has 3 aromatic carbocycles. The summed E-state index contributed by atoms with van der Waals surface area (Å²) >= 11 is 0. The van der Waals surface area contributed by atoms with Gasteiger partial charge in [-0.3, -0.25) is 25.6 Å². The van der Waals surface area contributed by atoms with E-state index in [-0.39, 0.29) is 30.9 Å². The third kappa shape index (κ3) is 6.18. The van der Waals surface area contributed by atoms with Crippen molar-refractivity contribution >= 4 is 22.6 Å². The molecule has 42 heavy (non-hydrogen) atoms. The summed E-state index contributed by atoms with van der Waals surface area (Å²) < 4.78 is 56.3. The number of methoxy groups -OCH3 is 1. The van der Waals surface area contributed by atoms with Crippen LogP contribution in [-0.2, 0) is 6.61 Å². The van der Waals surface area contributed by atoms with Crippen molar-refractivity contribution in [1.82, 2.24) is 20.6 Å². The second-order valence-electron chi connectivity index (χ2n) is 10.3. The molecule has 4 aromatic rings. The topological polar surface area (TPSA) is 121 Å². The lowest BCUT2D eigenvalue weighted by Gasteiger charge is -2.28. The van der Waals surface area contributed by atoms with E-state index in [1.165, 1.54) is 7.11 Å². The number of hydrogen-bond acceptors (Lipinski definition) is 6. The molecule has 1 saturated carbocycles. The summed E-state index contributed by atoms with van der Waals surface area (Å²) in [7, 11) is 1.51. The van der Waals surface area contributed by atoms with Crippen molar-refractivity contribution in [3.05, 3.63) is 88.9 Å². The summed E-state index contributed by atoms with van der Waals surface area (Å²) in [5, 5.41) is 24.8. The van der Waals surface area contributed by atoms with Crippen LogP contribution < -0.4 is 20.3 Å². The van der Waals surface area contributed by atoms with Gasteiger partial charge in [0.15, 0.2) is 17.4 Å². The number of carbonyl (C=O) groups excluding carboxylic acids is 1. The highest BCUT2D eigenvalue weighted by Crippen LogP contribution is 2.33. The molecule has 12 heteroatoms. The Hall–Kier alpha value is -4.58. The van der Waals surface area contributed by atoms with Crippen molar-refractivity contribution in [3.63, 3.8) is 0 Å². The van der Waals surface area contributed by atoms with E-state index in [0.29, 0.717) is 28.5 Å². The van der Waals surface area contributed by atoms with Crippen LogP contribution >= 0.6 is 0 Å². The van der Waals surface area contributed by atoms with Crippen LogP contribution in [0.25, 0.3) is 10.9 Å². The van der Waals surface area contributed by atoms with Gasteiger partial charge in [-0.25, -0.2) is 8.78 Å². The number of ether oxygens (including phenoxy) is 2. The zero-order valence-electron chi connectivity index (χ0n) is 22.8. The molecule has 4 N–H and O–H groups in total. The molecule has 0 spiro atoms. The smallest absolute Gasteiger partial charge is 0.254 e. The average Bonchev–Trinajstić information content (AvgIpc) is 3.45. The van der Waals surface area contributed by atoms with Gasteiger partial charge >= 0.3 is 0 Å². The lowest BCUT2D eigenvalue weighted by molar-refractivity contribution is 0.0935. The fourth-order valence-electron chi connectivity index (χ4n) is 5.14. The molecule has 9 nitrogen and oxygen atoms in total. The van der Waals surface area contributed by atoms with Crippen molar-refractivity contribution in [1.29, 1.82) is 5.41 Å². The molecule has 0 bridgehead atoms. The molecule has 0 atom stereocenters. The van der Waals surface area contributed by atoms with Gasteiger partial charge in [0.25, 0.3) is 5.91 Å². The van der Waals surface area contributed by atoms with Gasteiger partial charge in [-0.15, -0.1) is 0 Å². The molecule has 0 aliphatic heterocycles. The first kappa shape index (κ1) is 28.9. The van der Waals surface area contributed by atoms with E-state index in [2.05, 4.69) is 10.4 Å². The van der Waals surface area contributed by atoms with Gasteiger partial charge in [-0.2, -0.15) is 9.49 Å². The first-order valence-electron chi connectivity index (χ1n) is 13.5. The Bertz CT molecular complexity index is 1600. The second kappa shape index (κ2) is 12.5. The molecule has 1 aromatic heterocycles. The molecule has 1 fully saturated rings. The normalized spacial score (nSPS) is 16.7. The lowest BCUT2D eigenvalue weighted by Crippen LogP contribution is -2.32. The summed E-state index contributed by atoms with van der Waals surface area (Å²) in [6.07, 6.45) is 5.09. The monoisotopic (exact) mass is 581 g/mol. The van der Waals surface area contributed by atoms with Crippen molar-refractivity contribution in [3.8, 4) is 11.5 Å². The van der Waals surface area contributed by atoms with Gasteiger partial charge in [-0.1, -0.05) is 24.3 Å². The number of amides is 1. The minimum Gasteiger partial charge on any atom is -0.497 e. The van der Waals surface area contributed by atoms with Gasteiger partial charge in [-0.05, 0) is 61.4 Å². The third-order valence-corrected chi connectivity index (χ3v) is 7.57. The van der Waals surface area contributed by atoms with Crippen LogP contribution in [0.15, 0.2) is 54.7 Å². The second-order valence-corrected chi connectivity index (χ2v) is 10.3. The zero-order valence-corrected chi connectivity index (χ0v) is 22.8. The number of carbonyl (C=O) groups is 1. The lowest BCUT2D eigenvalue weighted by atomic mass is 9.86. The Labute approximate surface area is 239 Å². The first-order valence-corrected chi connectivity index (χ1v) is 13.5. The van der Waals surface area contributed by atoms with Crippen molar-refractivity contribution in [2.24, 2.45) is 5.92 Å². The Kier molecular flexibility index (Phi) is 8.62. The predicted molar refractivity (Wildman–Crippen MR) is 148 cm³/mol. The SMILES string of the molecule is COc1ccc(COc2c(F)cc(C(=O)NCC3CCC(n4cc5ccc(C(=N)NO)cc5n4)CC3)c(F)c2F)cc1. The van der Waals surface area contributed by atoms with E-state index >= 15 is 0 Å². The van der Waals surface area contributed by atoms with E-state index in [9.17, 15) is 18.0 Å². The van der Waals surface area contributed by atoms with Crippen LogP contribution in [0.1, 0.15) is 53.2 Å². The Morgan fingerprint density at radius 2 is 1.81 bits per heavy atom. The summed E-state index contributed by atoms with van der Waals surface area (Å²) in [5.41, 5.74) is 2.93. The number of nitrogens with zero attached hydrogens (tertiary/aromatic N) is 2. The molecule has 0 saturated heterocycles. The number of aromatic nitrogens is 2. The van der Waals surface area contributed by atoms with Crippen molar-refractivity contribution in [2.45, 2.75) is 38.3 Å². The first-order chi connectivity index (χ1) is 20.3. The third-order valence-electron chi connectivity index (χ3n) is 7.57. The number of nitrogens with one attached hydrogen (secondary N) is 3. The molecule has 1 aliphatic carbocycles. The fraction of sp³-hybridized carbons (Fsp3) is 0.300. The van der Waals surface area contributed by atoms with Crippen molar-refractivity contribution in [2.75, 3.05) is 13.7 Å². The number of fused-ring (bicyclic) bond motifs is 1. The number of halogens is 3. The standard InChI is InChI=1S/C30H30F3N5O4/c1-41-22-10-4-18(5-11-22)16-42-28-24(31)13-23(26(32)27(28)33)30(39)35-14-17-2-8-21(9-3-17)38-15-20-7-6-19(29(34)37-40)12-25(20)36-38/h4-7,10-13,15,17,21,40H,2-3,8-9,14,16H2,1H3,(H2,34,37)(H,35,39). The maximum absolute atomic E-state index is 14.8. The minimum atomic E-state index is -1.56. The maximum atomic E-state index is 14.8. The largest absolute Gasteiger partial charge is 0.497 e. The highest BCUT2D eigenvalue weighted by Gasteiger charge is 2.27. The summed E-state index contributed by atoms with van der Waals surface area (Å²) in [6, 6.07) is 12.7. The molecule has 220 valence electrons. The van der Waals surface area contributed by atoms with Gasteiger partial charge in [0, 0.05) is 23.7 Å². The van der Waals surface area contributed by atoms with Gasteiger partial charge in [0.1, 0.15) is 18.2 Å². The maximum Gasteiger partial charge on any atom is 0.254 e. The van der Waals surface area contributed by atoms with Crippen LogP contribution in [0.3, 0.4) is 0 Å². The van der Waals surface area contributed by atoms with Crippen LogP contribution in [0, 0.1) is 28.8 Å². The van der Waals surface area contributed by atoms with E-state index in [1.807, 2.05) is 22.4 Å². The molecule has 5 rings (SSSR count). The van der Waals surface area contributed by atoms with E-state index < -0.39 is 34.7 Å². The molecule has 1 heterocycles. The van der Waals surface area contributed by atoms with E-state index in [4.69, 9.17) is 20.1 Å². The van der Waals surface area contributed by atoms with Crippen LogP contribution in [-0.4, -0.2) is 40.4 Å². The van der Waals surface area contributed by atoms with Gasteiger partial charge in [0.2, 0.25) is 5.82 Å². The van der Waals surface area contributed by atoms with Crippen LogP contribution in [0.2, 0.25) is 0 Å². The van der Waals surface area contributed by atoms with E-state index in [0.717, 1.165) is 31.1 Å². The predicted octanol–water partition coefficient (Wildman–Crippen LogP) is 5.51. The molecular weight excluding hydrogens is 551 g/mol. The summed E-state index contributed by atoms with van der Waals surface area (Å²) in [4.78, 5) is 12.7. The molecule has 1 amide bonds. The van der Waals surface area contributed by atoms with Crippen molar-refractivity contribution < 1.29 is 32.6 Å². The summed E-state index contributed by atoms with van der Waals surface area (Å²) in [5.74, 6) is -5.38. The number of rotatable bonds is 9. The van der Waals surface area contributed by atoms with Gasteiger partial charge in [0.05, 0.1) is 24.2 Å². The molecular formula is C30H30F3N5O4. The highest BCUT2D eigenvalue weighted by atomic mass is 19.2.